The van der Waals surface area contributed by atoms with Crippen LogP contribution in [0.25, 0.3) is 0 Å². The summed E-state index contributed by atoms with van der Waals surface area (Å²) >= 11 is 4.90. The van der Waals surface area contributed by atoms with Crippen LogP contribution in [0.2, 0.25) is 0 Å². The fraction of sp³-hybridized carbons (Fsp3) is 0.846. The maximum atomic E-state index is 12.4. The summed E-state index contributed by atoms with van der Waals surface area (Å²) in [5.74, 6) is 0.683. The lowest BCUT2D eigenvalue weighted by atomic mass is 9.77. The molecule has 0 aromatic rings. The number of nitrogens with one attached hydrogen (secondary N) is 1. The van der Waals surface area contributed by atoms with Gasteiger partial charge < -0.3 is 11.1 Å². The lowest BCUT2D eigenvalue weighted by molar-refractivity contribution is -0.132. The van der Waals surface area contributed by atoms with E-state index >= 15 is 0 Å². The molecule has 3 nitrogen and oxygen atoms in total. The van der Waals surface area contributed by atoms with Gasteiger partial charge in [0.15, 0.2) is 0 Å². The second kappa shape index (κ2) is 5.80. The number of hydrogen-bond acceptors (Lipinski definition) is 2. The summed E-state index contributed by atoms with van der Waals surface area (Å²) < 4.78 is 0. The second-order valence-corrected chi connectivity index (χ2v) is 6.15. The van der Waals surface area contributed by atoms with E-state index in [2.05, 4.69) is 19.2 Å². The maximum Gasteiger partial charge on any atom is 0.226 e. The lowest BCUT2D eigenvalue weighted by Crippen LogP contribution is -2.48. The van der Waals surface area contributed by atoms with E-state index in [0.717, 1.165) is 32.1 Å². The Bertz CT molecular complexity index is 296. The van der Waals surface area contributed by atoms with Gasteiger partial charge in [-0.2, -0.15) is 0 Å². The van der Waals surface area contributed by atoms with E-state index in [1.54, 1.807) is 0 Å². The van der Waals surface area contributed by atoms with Crippen molar-refractivity contribution in [3.8, 4) is 0 Å². The van der Waals surface area contributed by atoms with Gasteiger partial charge in [0.2, 0.25) is 5.91 Å². The molecule has 0 saturated heterocycles. The Morgan fingerprint density at radius 1 is 1.35 bits per heavy atom. The molecule has 1 aliphatic carbocycles. The van der Waals surface area contributed by atoms with Gasteiger partial charge in [0.1, 0.15) is 0 Å². The van der Waals surface area contributed by atoms with Crippen molar-refractivity contribution < 1.29 is 4.79 Å². The summed E-state index contributed by atoms with van der Waals surface area (Å²) in [6.45, 7) is 6.19. The zero-order chi connectivity index (χ0) is 13.1. The van der Waals surface area contributed by atoms with Crippen LogP contribution in [-0.4, -0.2) is 16.9 Å². The highest BCUT2D eigenvalue weighted by molar-refractivity contribution is 7.80. The van der Waals surface area contributed by atoms with Crippen LogP contribution >= 0.6 is 12.2 Å². The molecule has 1 unspecified atom stereocenters. The fourth-order valence-electron chi connectivity index (χ4n) is 2.78. The number of hydrogen-bond donors (Lipinski definition) is 2. The van der Waals surface area contributed by atoms with Gasteiger partial charge in [0, 0.05) is 5.41 Å². The molecule has 4 heteroatoms. The Hall–Kier alpha value is -0.640. The highest BCUT2D eigenvalue weighted by atomic mass is 32.1. The van der Waals surface area contributed by atoms with Gasteiger partial charge in [-0.05, 0) is 32.1 Å². The van der Waals surface area contributed by atoms with Crippen LogP contribution in [0.1, 0.15) is 52.9 Å². The number of thiocarbonyl (C=S) groups is 1. The summed E-state index contributed by atoms with van der Waals surface area (Å²) in [4.78, 5) is 12.7. The standard InChI is InChI=1S/C13H24N2OS/c1-9(2)8-13(6-4-5-7-13)12(16)15-10(3)11(14)17/h9-10H,4-8H2,1-3H3,(H2,14,17)(H,15,16). The summed E-state index contributed by atoms with van der Waals surface area (Å²) in [5, 5.41) is 2.96. The summed E-state index contributed by atoms with van der Waals surface area (Å²) in [6.07, 6.45) is 5.27. The molecule has 0 spiro atoms. The molecule has 0 aliphatic heterocycles. The first-order valence-electron chi connectivity index (χ1n) is 6.48. The molecule has 98 valence electrons. The molecule has 3 N–H and O–H groups in total. The molecule has 0 radical (unpaired) electrons. The Morgan fingerprint density at radius 2 is 1.88 bits per heavy atom. The van der Waals surface area contributed by atoms with Crippen molar-refractivity contribution in [2.45, 2.75) is 58.9 Å². The highest BCUT2D eigenvalue weighted by Gasteiger charge is 2.41. The van der Waals surface area contributed by atoms with Gasteiger partial charge in [0.25, 0.3) is 0 Å². The largest absolute Gasteiger partial charge is 0.392 e. The number of amides is 1. The van der Waals surface area contributed by atoms with Crippen LogP contribution in [0.15, 0.2) is 0 Å². The highest BCUT2D eigenvalue weighted by Crippen LogP contribution is 2.43. The molecule has 1 rings (SSSR count). The smallest absolute Gasteiger partial charge is 0.226 e. The monoisotopic (exact) mass is 256 g/mol. The summed E-state index contributed by atoms with van der Waals surface area (Å²) in [5.41, 5.74) is 5.37. The van der Waals surface area contributed by atoms with Gasteiger partial charge in [-0.1, -0.05) is 38.9 Å². The minimum Gasteiger partial charge on any atom is -0.392 e. The van der Waals surface area contributed by atoms with E-state index in [1.165, 1.54) is 0 Å². The van der Waals surface area contributed by atoms with Crippen LogP contribution in [-0.2, 0) is 4.79 Å². The zero-order valence-electron chi connectivity index (χ0n) is 11.1. The third-order valence-electron chi connectivity index (χ3n) is 3.62. The van der Waals surface area contributed by atoms with Crippen LogP contribution < -0.4 is 11.1 Å². The topological polar surface area (TPSA) is 55.1 Å². The minimum absolute atomic E-state index is 0.143. The third-order valence-corrected chi connectivity index (χ3v) is 3.97. The van der Waals surface area contributed by atoms with Crippen molar-refractivity contribution in [1.82, 2.24) is 5.32 Å². The quantitative estimate of drug-likeness (QED) is 0.743. The molecular formula is C13H24N2OS. The van der Waals surface area contributed by atoms with Crippen molar-refractivity contribution >= 4 is 23.1 Å². The van der Waals surface area contributed by atoms with E-state index in [1.807, 2.05) is 6.92 Å². The maximum absolute atomic E-state index is 12.4. The number of carbonyl (C=O) groups excluding carboxylic acids is 1. The second-order valence-electron chi connectivity index (χ2n) is 5.68. The first kappa shape index (κ1) is 14.4. The van der Waals surface area contributed by atoms with Gasteiger partial charge in [-0.15, -0.1) is 0 Å². The zero-order valence-corrected chi connectivity index (χ0v) is 11.9. The fourth-order valence-corrected chi connectivity index (χ4v) is 2.84. The van der Waals surface area contributed by atoms with Crippen molar-refractivity contribution in [3.63, 3.8) is 0 Å². The number of nitrogens with two attached hydrogens (primary N) is 1. The van der Waals surface area contributed by atoms with Crippen molar-refractivity contribution in [2.24, 2.45) is 17.1 Å². The van der Waals surface area contributed by atoms with E-state index < -0.39 is 0 Å². The molecule has 1 fully saturated rings. The van der Waals surface area contributed by atoms with Crippen molar-refractivity contribution in [1.29, 1.82) is 0 Å². The van der Waals surface area contributed by atoms with Crippen LogP contribution in [0.4, 0.5) is 0 Å². The number of carbonyl (C=O) groups is 1. The first-order chi connectivity index (χ1) is 7.87. The summed E-state index contributed by atoms with van der Waals surface area (Å²) in [6, 6.07) is -0.206. The Labute approximate surface area is 110 Å². The van der Waals surface area contributed by atoms with E-state index in [0.29, 0.717) is 10.9 Å². The van der Waals surface area contributed by atoms with Crippen LogP contribution in [0, 0.1) is 11.3 Å². The first-order valence-corrected chi connectivity index (χ1v) is 6.88. The Kier molecular flexibility index (Phi) is 4.92. The Morgan fingerprint density at radius 3 is 2.29 bits per heavy atom. The predicted molar refractivity (Wildman–Crippen MR) is 74.7 cm³/mol. The molecule has 0 aromatic carbocycles. The van der Waals surface area contributed by atoms with Crippen LogP contribution in [0.5, 0.6) is 0 Å². The molecule has 1 saturated carbocycles. The van der Waals surface area contributed by atoms with E-state index in [4.69, 9.17) is 18.0 Å². The Balaban J connectivity index is 2.70. The average molecular weight is 256 g/mol. The third kappa shape index (κ3) is 3.66. The molecule has 1 atom stereocenters. The van der Waals surface area contributed by atoms with Gasteiger partial charge in [-0.3, -0.25) is 4.79 Å². The van der Waals surface area contributed by atoms with Gasteiger partial charge in [0.05, 0.1) is 11.0 Å². The summed E-state index contributed by atoms with van der Waals surface area (Å²) in [7, 11) is 0. The molecule has 0 bridgehead atoms. The normalized spacial score (nSPS) is 20.2. The molecule has 1 amide bonds. The average Bonchev–Trinajstić information content (AvgIpc) is 2.66. The van der Waals surface area contributed by atoms with Crippen molar-refractivity contribution in [2.75, 3.05) is 0 Å². The van der Waals surface area contributed by atoms with Crippen LogP contribution in [0.3, 0.4) is 0 Å². The predicted octanol–water partition coefficient (Wildman–Crippen LogP) is 2.38. The van der Waals surface area contributed by atoms with Gasteiger partial charge in [-0.25, -0.2) is 0 Å². The minimum atomic E-state index is -0.206. The molecule has 0 aromatic heterocycles. The molecular weight excluding hydrogens is 232 g/mol. The van der Waals surface area contributed by atoms with Gasteiger partial charge >= 0.3 is 0 Å². The SMILES string of the molecule is CC(C)CC1(C(=O)NC(C)C(N)=S)CCCC1. The lowest BCUT2D eigenvalue weighted by Gasteiger charge is -2.30. The van der Waals surface area contributed by atoms with E-state index in [9.17, 15) is 4.79 Å². The molecule has 17 heavy (non-hydrogen) atoms. The molecule has 1 aliphatic rings. The van der Waals surface area contributed by atoms with Crippen molar-refractivity contribution in [3.05, 3.63) is 0 Å². The number of rotatable bonds is 5. The van der Waals surface area contributed by atoms with E-state index in [-0.39, 0.29) is 17.4 Å². The molecule has 0 heterocycles.